The van der Waals surface area contributed by atoms with Crippen LogP contribution in [-0.4, -0.2) is 62.9 Å². The van der Waals surface area contributed by atoms with Crippen LogP contribution in [0.25, 0.3) is 5.65 Å². The molecule has 0 saturated heterocycles. The number of H-pyrrole nitrogens is 1. The van der Waals surface area contributed by atoms with Crippen molar-refractivity contribution in [1.29, 1.82) is 15.8 Å². The number of nitrogens with two attached hydrogens (primary N) is 2. The first-order valence-electron chi connectivity index (χ1n) is 16.5. The molecule has 5 aromatic heterocycles. The van der Waals surface area contributed by atoms with Crippen molar-refractivity contribution in [1.82, 2.24) is 39.7 Å². The maximum Gasteiger partial charge on any atom is 0.225 e. The van der Waals surface area contributed by atoms with Gasteiger partial charge in [-0.1, -0.05) is 11.8 Å². The van der Waals surface area contributed by atoms with Crippen LogP contribution < -0.4 is 31.6 Å². The van der Waals surface area contributed by atoms with Crippen molar-refractivity contribution >= 4 is 80.1 Å². The number of anilines is 6. The Labute approximate surface area is 344 Å². The number of aromatic amines is 1. The average molecular weight is 829 g/mol. The maximum absolute atomic E-state index is 9.57. The van der Waals surface area contributed by atoms with E-state index in [1.165, 1.54) is 39.8 Å². The number of nitrogens with one attached hydrogen (secondary N) is 3. The van der Waals surface area contributed by atoms with E-state index < -0.39 is 0 Å². The van der Waals surface area contributed by atoms with Crippen LogP contribution in [0.3, 0.4) is 0 Å². The van der Waals surface area contributed by atoms with E-state index in [4.69, 9.17) is 31.5 Å². The van der Waals surface area contributed by atoms with Crippen molar-refractivity contribution in [2.24, 2.45) is 4.99 Å². The van der Waals surface area contributed by atoms with Gasteiger partial charge in [0.1, 0.15) is 56.5 Å². The number of aliphatic imine (C=N–C) groups is 1. The lowest BCUT2D eigenvalue weighted by Crippen LogP contribution is -2.05. The number of rotatable bonds is 9. The highest BCUT2D eigenvalue weighted by Gasteiger charge is 2.18. The van der Waals surface area contributed by atoms with Gasteiger partial charge in [-0.25, -0.2) is 4.98 Å². The molecule has 290 valence electrons. The molecule has 0 amide bonds. The van der Waals surface area contributed by atoms with Gasteiger partial charge in [0.25, 0.3) is 0 Å². The van der Waals surface area contributed by atoms with Crippen LogP contribution in [-0.2, 0) is 0 Å². The average Bonchev–Trinajstić information content (AvgIpc) is 3.80. The molecule has 58 heavy (non-hydrogen) atoms. The first-order valence-corrected chi connectivity index (χ1v) is 20.1. The van der Waals surface area contributed by atoms with Gasteiger partial charge in [-0.05, 0) is 91.6 Å². The molecular weight excluding hydrogens is 797 g/mol. The highest BCUT2D eigenvalue weighted by atomic mass is 32.2. The molecule has 5 heterocycles. The van der Waals surface area contributed by atoms with Crippen molar-refractivity contribution in [3.05, 3.63) is 109 Å². The summed E-state index contributed by atoms with van der Waals surface area (Å²) in [5.41, 5.74) is 14.0. The van der Waals surface area contributed by atoms with E-state index in [1.54, 1.807) is 55.2 Å². The maximum atomic E-state index is 9.57. The molecular formula is C37H32N16O2S3. The minimum atomic E-state index is 0.167. The van der Waals surface area contributed by atoms with Crippen molar-refractivity contribution in [3.8, 4) is 41.3 Å². The largest absolute Gasteiger partial charge is 0.457 e. The van der Waals surface area contributed by atoms with E-state index in [1.807, 2.05) is 73.4 Å². The fraction of sp³-hybridized carbons (Fsp3) is 0.0811. The third-order valence-corrected chi connectivity index (χ3v) is 9.61. The number of benzene rings is 2. The molecule has 21 heteroatoms. The van der Waals surface area contributed by atoms with Crippen LogP contribution in [0.5, 0.6) is 23.0 Å². The molecule has 0 aliphatic carbocycles. The molecule has 0 radical (unpaired) electrons. The van der Waals surface area contributed by atoms with Gasteiger partial charge < -0.3 is 31.6 Å². The summed E-state index contributed by atoms with van der Waals surface area (Å²) in [5, 5.41) is 44.1. The van der Waals surface area contributed by atoms with Crippen LogP contribution in [0.1, 0.15) is 11.1 Å². The van der Waals surface area contributed by atoms with Crippen LogP contribution >= 0.6 is 35.3 Å². The summed E-state index contributed by atoms with van der Waals surface area (Å²) >= 11 is 4.31. The van der Waals surface area contributed by atoms with Gasteiger partial charge in [-0.15, -0.1) is 28.6 Å². The number of nitrogens with zero attached hydrogens (tertiary/aromatic N) is 11. The molecule has 2 aromatic carbocycles. The number of hydrogen-bond donors (Lipinski definition) is 5. The van der Waals surface area contributed by atoms with Crippen LogP contribution in [0.2, 0.25) is 0 Å². The van der Waals surface area contributed by atoms with Crippen LogP contribution in [0, 0.1) is 34.1 Å². The zero-order valence-electron chi connectivity index (χ0n) is 30.9. The Kier molecular flexibility index (Phi) is 15.1. The van der Waals surface area contributed by atoms with Crippen molar-refractivity contribution in [3.63, 3.8) is 0 Å². The third kappa shape index (κ3) is 11.3. The Morgan fingerprint density at radius 3 is 1.66 bits per heavy atom. The summed E-state index contributed by atoms with van der Waals surface area (Å²) in [7, 11) is 0. The van der Waals surface area contributed by atoms with E-state index in [0.717, 1.165) is 15.8 Å². The first-order chi connectivity index (χ1) is 28.3. The second kappa shape index (κ2) is 21.0. The van der Waals surface area contributed by atoms with Gasteiger partial charge in [0.05, 0.1) is 0 Å². The highest BCUT2D eigenvalue weighted by molar-refractivity contribution is 8.38. The number of pyridine rings is 2. The van der Waals surface area contributed by atoms with E-state index in [-0.39, 0.29) is 17.3 Å². The fourth-order valence-electron chi connectivity index (χ4n) is 4.56. The summed E-state index contributed by atoms with van der Waals surface area (Å²) in [6.07, 6.45) is 14.0. The molecule has 0 aliphatic rings. The number of nitrogen functional groups attached to an aromatic ring is 2. The Balaban J connectivity index is 0.000000190. The SMILES string of the molecule is CSC(=NC#N)SC.CSc1nc(N)n2nc(Nc3ccc(Oc4ccncc4)cc3)c(C#N)c2n1.N#Cc1c(Nc2ccc(Oc3ccncc3)cc2)n[nH]c1N. The summed E-state index contributed by atoms with van der Waals surface area (Å²) < 4.78 is 13.6. The van der Waals surface area contributed by atoms with Gasteiger partial charge in [0.2, 0.25) is 12.1 Å². The van der Waals surface area contributed by atoms with E-state index >= 15 is 0 Å². The molecule has 0 spiro atoms. The third-order valence-electron chi connectivity index (χ3n) is 7.19. The summed E-state index contributed by atoms with van der Waals surface area (Å²) in [4.78, 5) is 19.9. The number of fused-ring (bicyclic) bond motifs is 1. The first kappa shape index (κ1) is 41.6. The standard InChI is InChI=1S/C18H14N8OS.C15H12N6O.C4H6N2S2/c1-28-18-23-16-14(10-19)15(25-26(16)17(20)24-18)22-11-2-4-12(5-3-11)27-13-6-8-21-9-7-13;16-9-13-14(17)20-21-15(13)19-10-1-3-11(4-2-10)22-12-5-7-18-8-6-12;1-7-4(8-2)6-3-5/h2-9H,1H3,(H,22,25)(H2,20,23,24);1-8H,(H4,17,19,20,21);1-2H3. The minimum Gasteiger partial charge on any atom is -0.457 e. The number of nitriles is 3. The van der Waals surface area contributed by atoms with E-state index in [2.05, 4.69) is 56.9 Å². The quantitative estimate of drug-likeness (QED) is 0.0406. The predicted octanol–water partition coefficient (Wildman–Crippen LogP) is 7.57. The number of hydrogen-bond acceptors (Lipinski definition) is 19. The topological polar surface area (TPSA) is 276 Å². The molecule has 18 nitrogen and oxygen atoms in total. The zero-order chi connectivity index (χ0) is 41.3. The molecule has 0 aliphatic heterocycles. The Morgan fingerprint density at radius 2 is 1.21 bits per heavy atom. The Morgan fingerprint density at radius 1 is 0.707 bits per heavy atom. The minimum absolute atomic E-state index is 0.167. The Hall–Kier alpha value is -7.51. The molecule has 0 bridgehead atoms. The summed E-state index contributed by atoms with van der Waals surface area (Å²) in [6.45, 7) is 0. The van der Waals surface area contributed by atoms with Gasteiger partial charge in [0.15, 0.2) is 22.4 Å². The molecule has 7 N–H and O–H groups in total. The Bertz CT molecular complexity index is 2580. The number of thioether (sulfide) groups is 3. The lowest BCUT2D eigenvalue weighted by atomic mass is 10.2. The monoisotopic (exact) mass is 828 g/mol. The number of ether oxygens (including phenoxy) is 2. The van der Waals surface area contributed by atoms with E-state index in [0.29, 0.717) is 51.0 Å². The normalized spacial score (nSPS) is 9.93. The van der Waals surface area contributed by atoms with Gasteiger partial charge in [0, 0.05) is 36.2 Å². The highest BCUT2D eigenvalue weighted by Crippen LogP contribution is 2.28. The molecule has 0 atom stereocenters. The predicted molar refractivity (Wildman–Crippen MR) is 228 cm³/mol. The van der Waals surface area contributed by atoms with Crippen molar-refractivity contribution < 1.29 is 9.47 Å². The summed E-state index contributed by atoms with van der Waals surface area (Å²) in [6, 6.07) is 25.8. The smallest absolute Gasteiger partial charge is 0.225 e. The molecule has 7 rings (SSSR count). The summed E-state index contributed by atoms with van der Waals surface area (Å²) in [5.74, 6) is 3.92. The van der Waals surface area contributed by atoms with Gasteiger partial charge in [-0.2, -0.15) is 35.4 Å². The second-order valence-corrected chi connectivity index (χ2v) is 13.5. The van der Waals surface area contributed by atoms with Crippen molar-refractivity contribution in [2.45, 2.75) is 5.16 Å². The molecule has 0 unspecified atom stereocenters. The molecule has 0 saturated carbocycles. The second-order valence-electron chi connectivity index (χ2n) is 10.9. The molecule has 7 aromatic rings. The van der Waals surface area contributed by atoms with Crippen LogP contribution in [0.15, 0.2) is 108 Å². The van der Waals surface area contributed by atoms with Gasteiger partial charge >= 0.3 is 0 Å². The van der Waals surface area contributed by atoms with Crippen molar-refractivity contribution in [2.75, 3.05) is 40.9 Å². The van der Waals surface area contributed by atoms with Gasteiger partial charge in [-0.3, -0.25) is 15.1 Å². The lowest BCUT2D eigenvalue weighted by molar-refractivity contribution is 0.481. The lowest BCUT2D eigenvalue weighted by Gasteiger charge is -2.07. The number of aromatic nitrogens is 8. The van der Waals surface area contributed by atoms with Crippen LogP contribution in [0.4, 0.5) is 34.8 Å². The zero-order valence-corrected chi connectivity index (χ0v) is 33.3. The molecule has 0 fully saturated rings. The van der Waals surface area contributed by atoms with E-state index in [9.17, 15) is 5.26 Å². The fourth-order valence-corrected chi connectivity index (χ4v) is 5.85.